The number of benzene rings is 1. The SMILES string of the molecule is [2H]C([2H])(CC)N(CCc1cccc2c1CC(=O)N2)C([2H])([2H])CC. The molecular formula is C16H24N2O. The predicted molar refractivity (Wildman–Crippen MR) is 79.5 cm³/mol. The van der Waals surface area contributed by atoms with Crippen molar-refractivity contribution < 1.29 is 10.3 Å². The Morgan fingerprint density at radius 1 is 1.32 bits per heavy atom. The standard InChI is InChI=1S/C16H24N2O/c1-3-9-18(10-4-2)11-8-13-6-5-7-15-14(13)12-16(19)17-15/h5-7H,3-4,8-12H2,1-2H3,(H,17,19)/i9D2,10D2. The van der Waals surface area contributed by atoms with E-state index in [9.17, 15) is 4.79 Å². The second kappa shape index (κ2) is 6.71. The lowest BCUT2D eigenvalue weighted by atomic mass is 10.0. The molecule has 0 fully saturated rings. The number of nitrogens with zero attached hydrogens (tertiary/aromatic N) is 1. The number of hydrogen-bond acceptors (Lipinski definition) is 2. The molecule has 3 heteroatoms. The third-order valence-corrected chi connectivity index (χ3v) is 3.19. The number of carbonyl (C=O) groups is 1. The largest absolute Gasteiger partial charge is 0.326 e. The maximum Gasteiger partial charge on any atom is 0.228 e. The average Bonchev–Trinajstić information content (AvgIpc) is 2.88. The summed E-state index contributed by atoms with van der Waals surface area (Å²) >= 11 is 0. The zero-order valence-electron chi connectivity index (χ0n) is 15.6. The smallest absolute Gasteiger partial charge is 0.228 e. The second-order valence-electron chi connectivity index (χ2n) is 4.59. The number of hydrogen-bond donors (Lipinski definition) is 1. The van der Waals surface area contributed by atoms with Crippen LogP contribution in [0.4, 0.5) is 5.69 Å². The fourth-order valence-electron chi connectivity index (χ4n) is 2.38. The highest BCUT2D eigenvalue weighted by atomic mass is 16.1. The Labute approximate surface area is 121 Å². The van der Waals surface area contributed by atoms with Crippen molar-refractivity contribution in [1.82, 2.24) is 4.90 Å². The summed E-state index contributed by atoms with van der Waals surface area (Å²) in [4.78, 5) is 12.9. The van der Waals surface area contributed by atoms with E-state index in [1.807, 2.05) is 18.2 Å². The molecule has 0 saturated heterocycles. The second-order valence-corrected chi connectivity index (χ2v) is 4.59. The molecule has 0 aromatic heterocycles. The van der Waals surface area contributed by atoms with Gasteiger partial charge >= 0.3 is 0 Å². The van der Waals surface area contributed by atoms with E-state index in [1.54, 1.807) is 13.8 Å². The van der Waals surface area contributed by atoms with Crippen LogP contribution in [0, 0.1) is 0 Å². The molecule has 1 aromatic rings. The van der Waals surface area contributed by atoms with E-state index in [4.69, 9.17) is 5.48 Å². The Morgan fingerprint density at radius 2 is 2.05 bits per heavy atom. The summed E-state index contributed by atoms with van der Waals surface area (Å²) < 4.78 is 32.5. The summed E-state index contributed by atoms with van der Waals surface area (Å²) in [5, 5.41) is 2.81. The Morgan fingerprint density at radius 3 is 2.74 bits per heavy atom. The van der Waals surface area contributed by atoms with Gasteiger partial charge in [0.15, 0.2) is 0 Å². The molecule has 1 aromatic carbocycles. The van der Waals surface area contributed by atoms with Crippen LogP contribution in [0.15, 0.2) is 18.2 Å². The molecule has 3 nitrogen and oxygen atoms in total. The van der Waals surface area contributed by atoms with Crippen molar-refractivity contribution in [3.63, 3.8) is 0 Å². The van der Waals surface area contributed by atoms with Gasteiger partial charge in [-0.3, -0.25) is 4.79 Å². The van der Waals surface area contributed by atoms with Crippen LogP contribution in [0.25, 0.3) is 0 Å². The minimum atomic E-state index is -1.70. The van der Waals surface area contributed by atoms with Gasteiger partial charge in [0.1, 0.15) is 0 Å². The summed E-state index contributed by atoms with van der Waals surface area (Å²) in [6.07, 6.45) is 1.29. The number of rotatable bonds is 7. The zero-order chi connectivity index (χ0) is 17.3. The Balaban J connectivity index is 2.20. The minimum Gasteiger partial charge on any atom is -0.326 e. The molecular weight excluding hydrogens is 236 g/mol. The number of fused-ring (bicyclic) bond motifs is 1. The Hall–Kier alpha value is -1.35. The van der Waals surface area contributed by atoms with Crippen molar-refractivity contribution in [3.05, 3.63) is 29.3 Å². The lowest BCUT2D eigenvalue weighted by Crippen LogP contribution is -2.28. The van der Waals surface area contributed by atoms with Gasteiger partial charge in [0, 0.05) is 17.7 Å². The molecule has 1 aliphatic rings. The molecule has 1 aliphatic heterocycles. The van der Waals surface area contributed by atoms with Crippen molar-refractivity contribution in [2.75, 3.05) is 24.9 Å². The van der Waals surface area contributed by atoms with Gasteiger partial charge in [0.2, 0.25) is 5.91 Å². The van der Waals surface area contributed by atoms with Gasteiger partial charge < -0.3 is 10.2 Å². The predicted octanol–water partition coefficient (Wildman–Crippen LogP) is 2.85. The Kier molecular flexibility index (Phi) is 3.37. The van der Waals surface area contributed by atoms with Gasteiger partial charge in [-0.1, -0.05) is 26.0 Å². The van der Waals surface area contributed by atoms with E-state index in [0.29, 0.717) is 12.8 Å². The van der Waals surface area contributed by atoms with E-state index in [2.05, 4.69) is 5.32 Å². The first-order valence-corrected chi connectivity index (χ1v) is 6.89. The van der Waals surface area contributed by atoms with Crippen LogP contribution in [0.1, 0.15) is 43.3 Å². The summed E-state index contributed by atoms with van der Waals surface area (Å²) in [7, 11) is 0. The van der Waals surface area contributed by atoms with Gasteiger partial charge in [0.05, 0.1) is 6.42 Å². The highest BCUT2D eigenvalue weighted by Crippen LogP contribution is 2.26. The maximum absolute atomic E-state index is 11.6. The first-order chi connectivity index (χ1) is 10.7. The summed E-state index contributed by atoms with van der Waals surface area (Å²) in [6, 6.07) is 5.66. The lowest BCUT2D eigenvalue weighted by molar-refractivity contribution is -0.115. The van der Waals surface area contributed by atoms with Crippen LogP contribution in [0.2, 0.25) is 0 Å². The molecule has 0 aliphatic carbocycles. The van der Waals surface area contributed by atoms with Crippen LogP contribution < -0.4 is 5.32 Å². The van der Waals surface area contributed by atoms with E-state index < -0.39 is 13.0 Å². The van der Waals surface area contributed by atoms with Crippen LogP contribution in [0.3, 0.4) is 0 Å². The third kappa shape index (κ3) is 3.57. The molecule has 0 bridgehead atoms. The quantitative estimate of drug-likeness (QED) is 0.821. The number of carbonyl (C=O) groups excluding carboxylic acids is 1. The van der Waals surface area contributed by atoms with E-state index >= 15 is 0 Å². The van der Waals surface area contributed by atoms with E-state index in [-0.39, 0.29) is 25.3 Å². The van der Waals surface area contributed by atoms with Gasteiger partial charge in [-0.25, -0.2) is 0 Å². The molecule has 0 unspecified atom stereocenters. The molecule has 0 atom stereocenters. The van der Waals surface area contributed by atoms with Crippen molar-refractivity contribution in [2.45, 2.75) is 39.5 Å². The van der Waals surface area contributed by atoms with Crippen LogP contribution in [-0.2, 0) is 17.6 Å². The van der Waals surface area contributed by atoms with Crippen LogP contribution >= 0.6 is 0 Å². The molecule has 2 rings (SSSR count). The highest BCUT2D eigenvalue weighted by molar-refractivity contribution is 5.99. The van der Waals surface area contributed by atoms with Gasteiger partial charge in [-0.05, 0) is 49.4 Å². The molecule has 0 saturated carbocycles. The summed E-state index contributed by atoms with van der Waals surface area (Å²) in [5.41, 5.74) is 2.74. The Bertz CT molecular complexity index is 573. The van der Waals surface area contributed by atoms with Crippen LogP contribution in [-0.4, -0.2) is 30.3 Å². The minimum absolute atomic E-state index is 0.0305. The molecule has 1 heterocycles. The van der Waals surface area contributed by atoms with Crippen molar-refractivity contribution in [1.29, 1.82) is 0 Å². The van der Waals surface area contributed by atoms with E-state index in [0.717, 1.165) is 16.8 Å². The summed E-state index contributed by atoms with van der Waals surface area (Å²) in [6.45, 7) is 0.312. The topological polar surface area (TPSA) is 32.3 Å². The maximum atomic E-state index is 11.6. The van der Waals surface area contributed by atoms with E-state index in [1.165, 1.54) is 4.90 Å². The normalized spacial score (nSPS) is 18.4. The van der Waals surface area contributed by atoms with Crippen molar-refractivity contribution >= 4 is 11.6 Å². The van der Waals surface area contributed by atoms with Gasteiger partial charge in [-0.15, -0.1) is 0 Å². The molecule has 104 valence electrons. The van der Waals surface area contributed by atoms with Crippen LogP contribution in [0.5, 0.6) is 0 Å². The fraction of sp³-hybridized carbons (Fsp3) is 0.562. The lowest BCUT2D eigenvalue weighted by Gasteiger charge is -2.21. The number of nitrogens with one attached hydrogen (secondary N) is 1. The monoisotopic (exact) mass is 264 g/mol. The molecule has 19 heavy (non-hydrogen) atoms. The van der Waals surface area contributed by atoms with Gasteiger partial charge in [-0.2, -0.15) is 0 Å². The first-order valence-electron chi connectivity index (χ1n) is 8.89. The van der Waals surface area contributed by atoms with Gasteiger partial charge in [0.25, 0.3) is 0 Å². The molecule has 1 N–H and O–H groups in total. The molecule has 0 radical (unpaired) electrons. The average molecular weight is 264 g/mol. The first kappa shape index (κ1) is 9.54. The third-order valence-electron chi connectivity index (χ3n) is 3.19. The highest BCUT2D eigenvalue weighted by Gasteiger charge is 2.20. The summed E-state index contributed by atoms with van der Waals surface area (Å²) in [5.74, 6) is -0.0305. The van der Waals surface area contributed by atoms with Crippen molar-refractivity contribution in [2.24, 2.45) is 0 Å². The molecule has 0 spiro atoms. The molecule has 1 amide bonds. The fourth-order valence-corrected chi connectivity index (χ4v) is 2.38. The number of amides is 1. The zero-order valence-corrected chi connectivity index (χ0v) is 11.6. The van der Waals surface area contributed by atoms with Crippen molar-refractivity contribution in [3.8, 4) is 0 Å². The number of anilines is 1.